The molecule has 2 N–H and O–H groups in total. The standard InChI is InChI=1S/C9H17N3/c1-7(2)4-5-12-8(3)6-11-9(12)10/h6-7H,4-5H2,1-3H3,(H2,10,11). The summed E-state index contributed by atoms with van der Waals surface area (Å²) in [6.07, 6.45) is 2.97. The molecule has 1 rings (SSSR count). The predicted octanol–water partition coefficient (Wildman–Crippen LogP) is 1.82. The van der Waals surface area contributed by atoms with Gasteiger partial charge in [-0.25, -0.2) is 4.98 Å². The molecule has 0 unspecified atom stereocenters. The first-order valence-electron chi connectivity index (χ1n) is 4.39. The molecule has 0 aliphatic rings. The molecule has 0 atom stereocenters. The van der Waals surface area contributed by atoms with E-state index in [1.807, 2.05) is 13.1 Å². The highest BCUT2D eigenvalue weighted by Crippen LogP contribution is 2.09. The van der Waals surface area contributed by atoms with Gasteiger partial charge < -0.3 is 10.3 Å². The van der Waals surface area contributed by atoms with Gasteiger partial charge in [0, 0.05) is 12.2 Å². The van der Waals surface area contributed by atoms with Crippen LogP contribution in [0.5, 0.6) is 0 Å². The van der Waals surface area contributed by atoms with Crippen molar-refractivity contribution in [2.75, 3.05) is 5.73 Å². The zero-order valence-electron chi connectivity index (χ0n) is 8.04. The highest BCUT2D eigenvalue weighted by molar-refractivity contribution is 5.21. The predicted molar refractivity (Wildman–Crippen MR) is 50.8 cm³/mol. The zero-order chi connectivity index (χ0) is 9.14. The minimum absolute atomic E-state index is 0.633. The molecule has 0 fully saturated rings. The van der Waals surface area contributed by atoms with E-state index in [1.165, 1.54) is 0 Å². The van der Waals surface area contributed by atoms with E-state index in [-0.39, 0.29) is 0 Å². The lowest BCUT2D eigenvalue weighted by atomic mass is 10.1. The molecule has 1 aromatic rings. The fourth-order valence-corrected chi connectivity index (χ4v) is 1.16. The molecule has 1 aromatic heterocycles. The van der Waals surface area contributed by atoms with E-state index in [9.17, 15) is 0 Å². The third kappa shape index (κ3) is 2.00. The van der Waals surface area contributed by atoms with Crippen molar-refractivity contribution in [3.8, 4) is 0 Å². The second-order valence-corrected chi connectivity index (χ2v) is 3.59. The molecule has 1 heterocycles. The summed E-state index contributed by atoms with van der Waals surface area (Å²) >= 11 is 0. The molecule has 12 heavy (non-hydrogen) atoms. The SMILES string of the molecule is Cc1cnc(N)n1CCC(C)C. The van der Waals surface area contributed by atoms with Gasteiger partial charge in [0.05, 0.1) is 6.20 Å². The third-order valence-corrected chi connectivity index (χ3v) is 2.02. The Morgan fingerprint density at radius 1 is 1.58 bits per heavy atom. The van der Waals surface area contributed by atoms with Crippen LogP contribution in [0.25, 0.3) is 0 Å². The molecule has 0 aliphatic carbocycles. The topological polar surface area (TPSA) is 43.8 Å². The minimum Gasteiger partial charge on any atom is -0.369 e. The average molecular weight is 167 g/mol. The Kier molecular flexibility index (Phi) is 2.74. The van der Waals surface area contributed by atoms with Gasteiger partial charge in [0.2, 0.25) is 0 Å². The van der Waals surface area contributed by atoms with Crippen LogP contribution in [0.1, 0.15) is 26.0 Å². The number of rotatable bonds is 3. The second-order valence-electron chi connectivity index (χ2n) is 3.59. The maximum atomic E-state index is 5.68. The molecule has 0 aromatic carbocycles. The van der Waals surface area contributed by atoms with Crippen molar-refractivity contribution in [2.45, 2.75) is 33.7 Å². The first kappa shape index (κ1) is 9.10. The van der Waals surface area contributed by atoms with E-state index >= 15 is 0 Å². The monoisotopic (exact) mass is 167 g/mol. The summed E-state index contributed by atoms with van der Waals surface area (Å²) in [6.45, 7) is 7.43. The van der Waals surface area contributed by atoms with Crippen molar-refractivity contribution in [2.24, 2.45) is 5.92 Å². The lowest BCUT2D eigenvalue weighted by molar-refractivity contribution is 0.515. The van der Waals surface area contributed by atoms with Crippen molar-refractivity contribution < 1.29 is 0 Å². The minimum atomic E-state index is 0.633. The summed E-state index contributed by atoms with van der Waals surface area (Å²) in [5.74, 6) is 1.35. The van der Waals surface area contributed by atoms with E-state index in [2.05, 4.69) is 23.4 Å². The number of hydrogen-bond acceptors (Lipinski definition) is 2. The Labute approximate surface area is 73.6 Å². The highest BCUT2D eigenvalue weighted by atomic mass is 15.1. The fourth-order valence-electron chi connectivity index (χ4n) is 1.16. The molecule has 3 heteroatoms. The van der Waals surface area contributed by atoms with Gasteiger partial charge in [-0.15, -0.1) is 0 Å². The van der Waals surface area contributed by atoms with Gasteiger partial charge in [-0.1, -0.05) is 13.8 Å². The van der Waals surface area contributed by atoms with Gasteiger partial charge in [-0.3, -0.25) is 0 Å². The van der Waals surface area contributed by atoms with Gasteiger partial charge in [-0.2, -0.15) is 0 Å². The van der Waals surface area contributed by atoms with Crippen molar-refractivity contribution in [1.82, 2.24) is 9.55 Å². The lowest BCUT2D eigenvalue weighted by Gasteiger charge is -2.08. The summed E-state index contributed by atoms with van der Waals surface area (Å²) in [7, 11) is 0. The van der Waals surface area contributed by atoms with Crippen LogP contribution in [0.2, 0.25) is 0 Å². The van der Waals surface area contributed by atoms with E-state index in [4.69, 9.17) is 5.73 Å². The molecule has 0 aliphatic heterocycles. The maximum absolute atomic E-state index is 5.68. The van der Waals surface area contributed by atoms with Gasteiger partial charge >= 0.3 is 0 Å². The lowest BCUT2D eigenvalue weighted by Crippen LogP contribution is -2.07. The smallest absolute Gasteiger partial charge is 0.200 e. The van der Waals surface area contributed by atoms with Gasteiger partial charge in [0.1, 0.15) is 0 Å². The molecule has 0 saturated heterocycles. The molecule has 0 spiro atoms. The Bertz CT molecular complexity index is 231. The van der Waals surface area contributed by atoms with Crippen LogP contribution in [0.3, 0.4) is 0 Å². The van der Waals surface area contributed by atoms with Crippen LogP contribution in [0, 0.1) is 12.8 Å². The number of nitrogens with two attached hydrogens (primary N) is 1. The molecular weight excluding hydrogens is 150 g/mol. The third-order valence-electron chi connectivity index (χ3n) is 2.02. The Balaban J connectivity index is 2.62. The maximum Gasteiger partial charge on any atom is 0.200 e. The van der Waals surface area contributed by atoms with Crippen LogP contribution >= 0.6 is 0 Å². The number of hydrogen-bond donors (Lipinski definition) is 1. The van der Waals surface area contributed by atoms with Crippen molar-refractivity contribution in [1.29, 1.82) is 0 Å². The van der Waals surface area contributed by atoms with Gasteiger partial charge in [-0.05, 0) is 19.3 Å². The summed E-state index contributed by atoms with van der Waals surface area (Å²) in [4.78, 5) is 4.03. The zero-order valence-corrected chi connectivity index (χ0v) is 8.04. The molecule has 0 amide bonds. The highest BCUT2D eigenvalue weighted by Gasteiger charge is 2.03. The van der Waals surface area contributed by atoms with Crippen LogP contribution in [0.4, 0.5) is 5.95 Å². The van der Waals surface area contributed by atoms with Crippen LogP contribution < -0.4 is 5.73 Å². The molecule has 0 saturated carbocycles. The molecular formula is C9H17N3. The Morgan fingerprint density at radius 3 is 2.67 bits per heavy atom. The first-order chi connectivity index (χ1) is 5.61. The molecule has 3 nitrogen and oxygen atoms in total. The van der Waals surface area contributed by atoms with E-state index in [1.54, 1.807) is 0 Å². The fraction of sp³-hybridized carbons (Fsp3) is 0.667. The van der Waals surface area contributed by atoms with Crippen LogP contribution in [-0.4, -0.2) is 9.55 Å². The summed E-state index contributed by atoms with van der Waals surface area (Å²) in [5.41, 5.74) is 6.83. The number of imidazole rings is 1. The van der Waals surface area contributed by atoms with Crippen LogP contribution in [0.15, 0.2) is 6.20 Å². The van der Waals surface area contributed by atoms with E-state index < -0.39 is 0 Å². The van der Waals surface area contributed by atoms with Crippen LogP contribution in [-0.2, 0) is 6.54 Å². The largest absolute Gasteiger partial charge is 0.369 e. The first-order valence-corrected chi connectivity index (χ1v) is 4.39. The number of nitrogen functional groups attached to an aromatic ring is 1. The van der Waals surface area contributed by atoms with Crippen molar-refractivity contribution in [3.05, 3.63) is 11.9 Å². The normalized spacial score (nSPS) is 11.0. The van der Waals surface area contributed by atoms with Crippen molar-refractivity contribution >= 4 is 5.95 Å². The summed E-state index contributed by atoms with van der Waals surface area (Å²) in [5, 5.41) is 0. The molecule has 0 radical (unpaired) electrons. The van der Waals surface area contributed by atoms with Crippen molar-refractivity contribution in [3.63, 3.8) is 0 Å². The number of anilines is 1. The van der Waals surface area contributed by atoms with Gasteiger partial charge in [0.25, 0.3) is 0 Å². The average Bonchev–Trinajstić information content (AvgIpc) is 2.28. The van der Waals surface area contributed by atoms with E-state index in [0.717, 1.165) is 18.7 Å². The molecule has 68 valence electrons. The quantitative estimate of drug-likeness (QED) is 0.746. The Hall–Kier alpha value is -0.990. The number of aryl methyl sites for hydroxylation is 1. The van der Waals surface area contributed by atoms with Gasteiger partial charge in [0.15, 0.2) is 5.95 Å². The summed E-state index contributed by atoms with van der Waals surface area (Å²) in [6, 6.07) is 0. The van der Waals surface area contributed by atoms with E-state index in [0.29, 0.717) is 11.9 Å². The number of aromatic nitrogens is 2. The molecule has 0 bridgehead atoms. The number of nitrogens with zero attached hydrogens (tertiary/aromatic N) is 2. The Morgan fingerprint density at radius 2 is 2.25 bits per heavy atom. The summed E-state index contributed by atoms with van der Waals surface area (Å²) < 4.78 is 2.06. The second kappa shape index (κ2) is 3.61.